The van der Waals surface area contributed by atoms with E-state index in [9.17, 15) is 15.0 Å². The first-order valence-electron chi connectivity index (χ1n) is 12.8. The van der Waals surface area contributed by atoms with Gasteiger partial charge in [0, 0.05) is 31.0 Å². The van der Waals surface area contributed by atoms with Crippen LogP contribution in [0.1, 0.15) is 81.8 Å². The number of nitrogens with zero attached hydrogens (tertiary/aromatic N) is 1. The highest BCUT2D eigenvalue weighted by atomic mass is 16.7. The number of hydrogen-bond donors (Lipinski definition) is 2. The van der Waals surface area contributed by atoms with Crippen LogP contribution in [0.4, 0.5) is 0 Å². The van der Waals surface area contributed by atoms with Crippen molar-refractivity contribution in [2.45, 2.75) is 73.3 Å². The molecular weight excluding hydrogens is 442 g/mol. The minimum Gasteiger partial charge on any atom is -0.512 e. The van der Waals surface area contributed by atoms with Crippen molar-refractivity contribution in [3.8, 4) is 5.75 Å². The maximum absolute atomic E-state index is 14.0. The number of hydrogen-bond acceptors (Lipinski definition) is 6. The van der Waals surface area contributed by atoms with Gasteiger partial charge in [0.15, 0.2) is 5.78 Å². The van der Waals surface area contributed by atoms with E-state index in [1.807, 2.05) is 20.0 Å². The molecule has 0 heterocycles. The molecule has 6 nitrogen and oxygen atoms in total. The van der Waals surface area contributed by atoms with Gasteiger partial charge in [-0.2, -0.15) is 5.06 Å². The number of methoxy groups -OCH3 is 1. The van der Waals surface area contributed by atoms with Crippen LogP contribution in [0.2, 0.25) is 0 Å². The number of phenolic OH excluding ortho intramolecular Hbond substituents is 1. The molecule has 1 aromatic rings. The van der Waals surface area contributed by atoms with E-state index in [0.29, 0.717) is 36.3 Å². The summed E-state index contributed by atoms with van der Waals surface area (Å²) in [4.78, 5) is 19.4. The first-order chi connectivity index (χ1) is 16.5. The predicted octanol–water partition coefficient (Wildman–Crippen LogP) is 6.35. The highest BCUT2D eigenvalue weighted by Gasteiger charge is 2.52. The van der Waals surface area contributed by atoms with Crippen LogP contribution in [-0.2, 0) is 22.5 Å². The SMILES string of the molecule is CC/C(C)=C(/O)C[C@@H]1CC2Cc3c(CN(C)OC)ccc(O)c3C(=O)C2=C(OC)[C@@]1(C)C(C)CC. The van der Waals surface area contributed by atoms with E-state index in [0.717, 1.165) is 41.7 Å². The molecule has 6 heteroatoms. The van der Waals surface area contributed by atoms with E-state index in [-0.39, 0.29) is 29.3 Å². The Labute approximate surface area is 210 Å². The first-order valence-corrected chi connectivity index (χ1v) is 12.8. The minimum atomic E-state index is -0.409. The Hall–Kier alpha value is -2.31. The Morgan fingerprint density at radius 2 is 1.97 bits per heavy atom. The van der Waals surface area contributed by atoms with Crippen molar-refractivity contribution in [2.75, 3.05) is 21.3 Å². The molecule has 0 fully saturated rings. The fourth-order valence-electron chi connectivity index (χ4n) is 6.13. The van der Waals surface area contributed by atoms with Gasteiger partial charge in [0.25, 0.3) is 0 Å². The second-order valence-electron chi connectivity index (χ2n) is 10.6. The van der Waals surface area contributed by atoms with Gasteiger partial charge in [0.05, 0.1) is 25.5 Å². The molecule has 2 aliphatic rings. The number of benzene rings is 1. The van der Waals surface area contributed by atoms with Gasteiger partial charge in [-0.05, 0) is 66.7 Å². The number of allylic oxidation sites excluding steroid dienone is 4. The Morgan fingerprint density at radius 3 is 2.54 bits per heavy atom. The third-order valence-electron chi connectivity index (χ3n) is 8.88. The summed E-state index contributed by atoms with van der Waals surface area (Å²) in [6, 6.07) is 3.49. The number of aliphatic hydroxyl groups is 1. The van der Waals surface area contributed by atoms with Crippen molar-refractivity contribution < 1.29 is 24.6 Å². The number of hydroxylamine groups is 2. The number of carbonyl (C=O) groups is 1. The normalized spacial score (nSPS) is 25.8. The number of ether oxygens (including phenoxy) is 1. The van der Waals surface area contributed by atoms with Crippen molar-refractivity contribution in [1.82, 2.24) is 5.06 Å². The van der Waals surface area contributed by atoms with Gasteiger partial charge in [-0.15, -0.1) is 0 Å². The summed E-state index contributed by atoms with van der Waals surface area (Å²) in [7, 11) is 5.11. The summed E-state index contributed by atoms with van der Waals surface area (Å²) in [5.74, 6) is 1.40. The minimum absolute atomic E-state index is 0.0155. The molecule has 0 amide bonds. The molecule has 0 aliphatic heterocycles. The molecule has 0 bridgehead atoms. The molecule has 0 aromatic heterocycles. The smallest absolute Gasteiger partial charge is 0.196 e. The zero-order valence-electron chi connectivity index (χ0n) is 22.7. The van der Waals surface area contributed by atoms with Crippen LogP contribution in [0.15, 0.2) is 34.8 Å². The summed E-state index contributed by atoms with van der Waals surface area (Å²) < 4.78 is 6.09. The summed E-state index contributed by atoms with van der Waals surface area (Å²) in [5.41, 5.74) is 3.55. The Bertz CT molecular complexity index is 1030. The number of fused-ring (bicyclic) bond motifs is 2. The highest BCUT2D eigenvalue weighted by molar-refractivity contribution is 6.13. The second-order valence-corrected chi connectivity index (χ2v) is 10.6. The molecule has 35 heavy (non-hydrogen) atoms. The van der Waals surface area contributed by atoms with Gasteiger partial charge < -0.3 is 19.8 Å². The van der Waals surface area contributed by atoms with Crippen LogP contribution in [0.5, 0.6) is 5.75 Å². The van der Waals surface area contributed by atoms with E-state index >= 15 is 0 Å². The van der Waals surface area contributed by atoms with E-state index in [4.69, 9.17) is 9.57 Å². The van der Waals surface area contributed by atoms with Gasteiger partial charge >= 0.3 is 0 Å². The fraction of sp³-hybridized carbons (Fsp3) is 0.621. The van der Waals surface area contributed by atoms with E-state index < -0.39 is 5.41 Å². The third kappa shape index (κ3) is 4.75. The maximum Gasteiger partial charge on any atom is 0.196 e. The quantitative estimate of drug-likeness (QED) is 0.314. The van der Waals surface area contributed by atoms with Crippen LogP contribution in [0, 0.1) is 23.2 Å². The molecule has 3 rings (SSSR count). The molecule has 2 N–H and O–H groups in total. The van der Waals surface area contributed by atoms with Gasteiger partial charge in [-0.25, -0.2) is 0 Å². The molecule has 2 unspecified atom stereocenters. The Balaban J connectivity index is 2.21. The average Bonchev–Trinajstić information content (AvgIpc) is 2.85. The van der Waals surface area contributed by atoms with Crippen molar-refractivity contribution in [3.05, 3.63) is 51.5 Å². The maximum atomic E-state index is 14.0. The molecule has 0 radical (unpaired) electrons. The lowest BCUT2D eigenvalue weighted by Gasteiger charge is -2.50. The summed E-state index contributed by atoms with van der Waals surface area (Å²) >= 11 is 0. The van der Waals surface area contributed by atoms with Crippen LogP contribution < -0.4 is 0 Å². The van der Waals surface area contributed by atoms with Crippen LogP contribution in [0.3, 0.4) is 0 Å². The van der Waals surface area contributed by atoms with Gasteiger partial charge in [0.2, 0.25) is 0 Å². The number of Topliss-reactive ketones (excluding diaryl/α,β-unsaturated/α-hetero) is 1. The topological polar surface area (TPSA) is 79.2 Å². The van der Waals surface area contributed by atoms with E-state index in [2.05, 4.69) is 27.7 Å². The molecule has 0 saturated carbocycles. The lowest BCUT2D eigenvalue weighted by Crippen LogP contribution is -2.45. The van der Waals surface area contributed by atoms with Crippen molar-refractivity contribution in [1.29, 1.82) is 0 Å². The van der Waals surface area contributed by atoms with Crippen LogP contribution in [-0.4, -0.2) is 42.3 Å². The number of carbonyl (C=O) groups excluding carboxylic acids is 1. The summed E-state index contributed by atoms with van der Waals surface area (Å²) in [6.45, 7) is 11.1. The van der Waals surface area contributed by atoms with Gasteiger partial charge in [-0.1, -0.05) is 40.2 Å². The highest BCUT2D eigenvalue weighted by Crippen LogP contribution is 2.57. The van der Waals surface area contributed by atoms with Gasteiger partial charge in [0.1, 0.15) is 11.5 Å². The number of aliphatic hydroxyl groups excluding tert-OH is 1. The predicted molar refractivity (Wildman–Crippen MR) is 138 cm³/mol. The second kappa shape index (κ2) is 10.8. The van der Waals surface area contributed by atoms with E-state index in [1.165, 1.54) is 0 Å². The van der Waals surface area contributed by atoms with Crippen molar-refractivity contribution >= 4 is 5.78 Å². The van der Waals surface area contributed by atoms with Gasteiger partial charge in [-0.3, -0.25) is 4.79 Å². The fourth-order valence-corrected chi connectivity index (χ4v) is 6.13. The zero-order valence-corrected chi connectivity index (χ0v) is 22.7. The largest absolute Gasteiger partial charge is 0.512 e. The molecule has 0 saturated heterocycles. The van der Waals surface area contributed by atoms with Crippen LogP contribution in [0.25, 0.3) is 0 Å². The summed E-state index contributed by atoms with van der Waals surface area (Å²) in [5, 5.41) is 23.4. The summed E-state index contributed by atoms with van der Waals surface area (Å²) in [6.07, 6.45) is 3.73. The van der Waals surface area contributed by atoms with Crippen molar-refractivity contribution in [2.24, 2.45) is 23.2 Å². The molecule has 2 aliphatic carbocycles. The molecule has 4 atom stereocenters. The average molecular weight is 486 g/mol. The number of rotatable bonds is 9. The number of phenols is 1. The molecule has 0 spiro atoms. The monoisotopic (exact) mass is 485 g/mol. The van der Waals surface area contributed by atoms with E-state index in [1.54, 1.807) is 25.3 Å². The lowest BCUT2D eigenvalue weighted by molar-refractivity contribution is -0.116. The zero-order chi connectivity index (χ0) is 26.1. The molecule has 1 aromatic carbocycles. The standard InChI is InChI=1S/C29H43NO5/c1-9-17(3)24(32)15-21-13-20-14-22-19(16-30(6)35-8)11-12-23(31)26(22)27(33)25(20)28(34-7)29(21,5)18(4)10-2/h11-12,18,20-21,31-32H,9-10,13-16H2,1-8H3/b24-17+/t18?,20?,21-,29-/m0/s1. The molecular formula is C29H43NO5. The number of aromatic hydroxyl groups is 1. The Morgan fingerprint density at radius 1 is 1.29 bits per heavy atom. The molecule has 194 valence electrons. The first kappa shape index (κ1) is 27.3. The lowest BCUT2D eigenvalue weighted by atomic mass is 9.55. The Kier molecular flexibility index (Phi) is 8.38. The third-order valence-corrected chi connectivity index (χ3v) is 8.88. The number of ketones is 1. The van der Waals surface area contributed by atoms with Crippen LogP contribution >= 0.6 is 0 Å². The van der Waals surface area contributed by atoms with Crippen molar-refractivity contribution in [3.63, 3.8) is 0 Å².